The number of hydrogen-bond acceptors (Lipinski definition) is 5. The number of imide groups is 1. The average Bonchev–Trinajstić information content (AvgIpc) is 2.43. The maximum atomic E-state index is 12.3. The van der Waals surface area contributed by atoms with Crippen LogP contribution in [0.15, 0.2) is 12.7 Å². The molecular formula is C18H31NO5. The van der Waals surface area contributed by atoms with Crippen molar-refractivity contribution in [2.45, 2.75) is 78.4 Å². The molecule has 138 valence electrons. The summed E-state index contributed by atoms with van der Waals surface area (Å²) in [7, 11) is 0. The maximum Gasteiger partial charge on any atom is 0.417 e. The van der Waals surface area contributed by atoms with Gasteiger partial charge in [0.25, 0.3) is 0 Å². The topological polar surface area (TPSA) is 72.9 Å². The van der Waals surface area contributed by atoms with Gasteiger partial charge < -0.3 is 9.47 Å². The zero-order valence-corrected chi connectivity index (χ0v) is 15.6. The molecule has 6 nitrogen and oxygen atoms in total. The number of allylic oxidation sites excluding steroid dienone is 1. The summed E-state index contributed by atoms with van der Waals surface area (Å²) in [6, 6.07) is -0.957. The molecule has 0 unspecified atom stereocenters. The Labute approximate surface area is 145 Å². The van der Waals surface area contributed by atoms with Crippen LogP contribution < -0.4 is 0 Å². The highest BCUT2D eigenvalue weighted by atomic mass is 16.6. The van der Waals surface area contributed by atoms with Crippen LogP contribution in [0.25, 0.3) is 0 Å². The van der Waals surface area contributed by atoms with Crippen LogP contribution in [-0.2, 0) is 19.1 Å². The highest BCUT2D eigenvalue weighted by Crippen LogP contribution is 2.18. The molecule has 0 aliphatic rings. The number of ether oxygens (including phenoxy) is 2. The summed E-state index contributed by atoms with van der Waals surface area (Å²) in [5.74, 6) is -1.12. The van der Waals surface area contributed by atoms with Crippen LogP contribution in [0, 0.1) is 0 Å². The third-order valence-electron chi connectivity index (χ3n) is 3.19. The minimum atomic E-state index is -0.957. The average molecular weight is 341 g/mol. The Morgan fingerprint density at radius 3 is 2.25 bits per heavy atom. The molecule has 0 aliphatic heterocycles. The molecule has 0 heterocycles. The van der Waals surface area contributed by atoms with E-state index < -0.39 is 29.6 Å². The first kappa shape index (κ1) is 22.1. The van der Waals surface area contributed by atoms with E-state index in [9.17, 15) is 14.4 Å². The number of esters is 1. The molecule has 0 spiro atoms. The van der Waals surface area contributed by atoms with Gasteiger partial charge in [-0.3, -0.25) is 4.79 Å². The SMILES string of the molecule is C=CCCCCC[C@@H](C(=O)OCC)N(C(C)=O)C(=O)OC(C)(C)C. The van der Waals surface area contributed by atoms with E-state index in [1.807, 2.05) is 6.08 Å². The molecule has 0 saturated heterocycles. The van der Waals surface area contributed by atoms with Gasteiger partial charge in [-0.05, 0) is 47.0 Å². The van der Waals surface area contributed by atoms with Gasteiger partial charge >= 0.3 is 12.1 Å². The van der Waals surface area contributed by atoms with Gasteiger partial charge in [0.05, 0.1) is 6.61 Å². The molecule has 0 rings (SSSR count). The zero-order valence-electron chi connectivity index (χ0n) is 15.6. The van der Waals surface area contributed by atoms with Crippen molar-refractivity contribution >= 4 is 18.0 Å². The van der Waals surface area contributed by atoms with Crippen molar-refractivity contribution in [3.63, 3.8) is 0 Å². The van der Waals surface area contributed by atoms with Gasteiger partial charge in [0.1, 0.15) is 11.6 Å². The van der Waals surface area contributed by atoms with Crippen molar-refractivity contribution in [2.24, 2.45) is 0 Å². The van der Waals surface area contributed by atoms with Crippen LogP contribution >= 0.6 is 0 Å². The van der Waals surface area contributed by atoms with Gasteiger partial charge in [0.2, 0.25) is 5.91 Å². The summed E-state index contributed by atoms with van der Waals surface area (Å²) in [5.41, 5.74) is -0.756. The monoisotopic (exact) mass is 341 g/mol. The predicted molar refractivity (Wildman–Crippen MR) is 92.5 cm³/mol. The molecule has 0 aromatic rings. The quantitative estimate of drug-likeness (QED) is 0.362. The maximum absolute atomic E-state index is 12.3. The second-order valence-corrected chi connectivity index (χ2v) is 6.56. The van der Waals surface area contributed by atoms with Gasteiger partial charge in [-0.25, -0.2) is 14.5 Å². The van der Waals surface area contributed by atoms with Crippen LogP contribution in [0.3, 0.4) is 0 Å². The molecule has 0 aromatic carbocycles. The summed E-state index contributed by atoms with van der Waals surface area (Å²) in [5, 5.41) is 0. The smallest absolute Gasteiger partial charge is 0.417 e. The van der Waals surface area contributed by atoms with E-state index in [1.165, 1.54) is 6.92 Å². The van der Waals surface area contributed by atoms with E-state index in [-0.39, 0.29) is 6.61 Å². The molecule has 2 amide bonds. The van der Waals surface area contributed by atoms with Gasteiger partial charge in [-0.15, -0.1) is 6.58 Å². The Kier molecular flexibility index (Phi) is 10.0. The largest absolute Gasteiger partial charge is 0.464 e. The second kappa shape index (κ2) is 10.8. The van der Waals surface area contributed by atoms with Gasteiger partial charge in [0.15, 0.2) is 0 Å². The molecule has 0 fully saturated rings. The van der Waals surface area contributed by atoms with Gasteiger partial charge in [-0.2, -0.15) is 0 Å². The summed E-state index contributed by atoms with van der Waals surface area (Å²) in [4.78, 5) is 37.4. The third kappa shape index (κ3) is 8.70. The Morgan fingerprint density at radius 2 is 1.79 bits per heavy atom. The van der Waals surface area contributed by atoms with E-state index in [0.717, 1.165) is 24.2 Å². The first-order chi connectivity index (χ1) is 11.1. The Morgan fingerprint density at radius 1 is 1.17 bits per heavy atom. The highest BCUT2D eigenvalue weighted by molar-refractivity contribution is 5.95. The van der Waals surface area contributed by atoms with Crippen LogP contribution in [0.5, 0.6) is 0 Å². The highest BCUT2D eigenvalue weighted by Gasteiger charge is 2.36. The number of rotatable bonds is 9. The second-order valence-electron chi connectivity index (χ2n) is 6.56. The first-order valence-corrected chi connectivity index (χ1v) is 8.44. The van der Waals surface area contributed by atoms with Crippen molar-refractivity contribution < 1.29 is 23.9 Å². The van der Waals surface area contributed by atoms with Crippen LogP contribution in [-0.4, -0.2) is 41.1 Å². The molecule has 0 saturated carbocycles. The summed E-state index contributed by atoms with van der Waals surface area (Å²) in [6.45, 7) is 11.9. The number of carbonyl (C=O) groups is 3. The number of unbranched alkanes of at least 4 members (excludes halogenated alkanes) is 3. The van der Waals surface area contributed by atoms with E-state index in [2.05, 4.69) is 6.58 Å². The molecule has 6 heteroatoms. The Hall–Kier alpha value is -1.85. The first-order valence-electron chi connectivity index (χ1n) is 8.44. The van der Waals surface area contributed by atoms with E-state index in [4.69, 9.17) is 9.47 Å². The molecule has 0 aromatic heterocycles. The van der Waals surface area contributed by atoms with E-state index in [0.29, 0.717) is 12.8 Å². The summed E-state index contributed by atoms with van der Waals surface area (Å²) in [6.07, 6.45) is 4.80. The minimum Gasteiger partial charge on any atom is -0.464 e. The standard InChI is InChI=1S/C18H31NO5/c1-7-9-10-11-12-13-15(16(21)23-8-2)19(14(3)20)17(22)24-18(4,5)6/h7,15H,1,8-13H2,2-6H3/t15-/m0/s1. The fourth-order valence-corrected chi connectivity index (χ4v) is 2.18. The van der Waals surface area contributed by atoms with Crippen molar-refractivity contribution in [1.82, 2.24) is 4.90 Å². The van der Waals surface area contributed by atoms with Crippen LogP contribution in [0.2, 0.25) is 0 Å². The molecule has 24 heavy (non-hydrogen) atoms. The molecule has 0 N–H and O–H groups in total. The van der Waals surface area contributed by atoms with E-state index >= 15 is 0 Å². The Bertz CT molecular complexity index is 439. The lowest BCUT2D eigenvalue weighted by Gasteiger charge is -2.30. The fourth-order valence-electron chi connectivity index (χ4n) is 2.18. The van der Waals surface area contributed by atoms with Gasteiger partial charge in [0, 0.05) is 6.92 Å². The lowest BCUT2D eigenvalue weighted by molar-refractivity contribution is -0.154. The minimum absolute atomic E-state index is 0.186. The van der Waals surface area contributed by atoms with Crippen LogP contribution in [0.4, 0.5) is 4.79 Å². The number of nitrogens with zero attached hydrogens (tertiary/aromatic N) is 1. The lowest BCUT2D eigenvalue weighted by atomic mass is 10.1. The van der Waals surface area contributed by atoms with Crippen LogP contribution in [0.1, 0.15) is 66.7 Å². The number of hydrogen-bond donors (Lipinski definition) is 0. The summed E-state index contributed by atoms with van der Waals surface area (Å²) < 4.78 is 10.3. The van der Waals surface area contributed by atoms with Crippen molar-refractivity contribution in [3.05, 3.63) is 12.7 Å². The third-order valence-corrected chi connectivity index (χ3v) is 3.19. The summed E-state index contributed by atoms with van der Waals surface area (Å²) >= 11 is 0. The normalized spacial score (nSPS) is 12.2. The number of amides is 2. The Balaban J connectivity index is 5.13. The number of carbonyl (C=O) groups excluding carboxylic acids is 3. The van der Waals surface area contributed by atoms with Gasteiger partial charge in [-0.1, -0.05) is 18.9 Å². The predicted octanol–water partition coefficient (Wildman–Crippen LogP) is 3.84. The zero-order chi connectivity index (χ0) is 18.8. The van der Waals surface area contributed by atoms with Crippen molar-refractivity contribution in [3.8, 4) is 0 Å². The van der Waals surface area contributed by atoms with Crippen molar-refractivity contribution in [1.29, 1.82) is 0 Å². The molecule has 1 atom stereocenters. The molecule has 0 aliphatic carbocycles. The molecule has 0 radical (unpaired) electrons. The molecular weight excluding hydrogens is 310 g/mol. The molecule has 0 bridgehead atoms. The fraction of sp³-hybridized carbons (Fsp3) is 0.722. The van der Waals surface area contributed by atoms with Crippen molar-refractivity contribution in [2.75, 3.05) is 6.61 Å². The lowest BCUT2D eigenvalue weighted by Crippen LogP contribution is -2.50. The van der Waals surface area contributed by atoms with E-state index in [1.54, 1.807) is 27.7 Å².